The average molecular weight is 325 g/mol. The van der Waals surface area contributed by atoms with E-state index in [0.29, 0.717) is 0 Å². The summed E-state index contributed by atoms with van der Waals surface area (Å²) in [5.41, 5.74) is 4.20. The van der Waals surface area contributed by atoms with Gasteiger partial charge < -0.3 is 0 Å². The Labute approximate surface area is 147 Å². The molecule has 2 aromatic rings. The summed E-state index contributed by atoms with van der Waals surface area (Å²) in [7, 11) is 0. The molecule has 0 aliphatic carbocycles. The third kappa shape index (κ3) is 3.68. The summed E-state index contributed by atoms with van der Waals surface area (Å²) in [6.07, 6.45) is 7.87. The fourth-order valence-corrected chi connectivity index (χ4v) is 3.03. The zero-order valence-corrected chi connectivity index (χ0v) is 16.4. The van der Waals surface area contributed by atoms with Crippen LogP contribution in [0.3, 0.4) is 0 Å². The minimum absolute atomic E-state index is 0.0552. The third-order valence-corrected chi connectivity index (χ3v) is 6.14. The molecule has 0 bridgehead atoms. The molecule has 0 N–H and O–H groups in total. The maximum absolute atomic E-state index is 4.62. The Morgan fingerprint density at radius 3 is 2.08 bits per heavy atom. The van der Waals surface area contributed by atoms with Crippen LogP contribution < -0.4 is 0 Å². The molecule has 0 aliphatic rings. The fourth-order valence-electron chi connectivity index (χ4n) is 3.03. The molecule has 0 aromatic carbocycles. The smallest absolute Gasteiger partial charge is 0.0462 e. The normalized spacial score (nSPS) is 13.1. The Morgan fingerprint density at radius 2 is 1.50 bits per heavy atom. The number of pyridine rings is 2. The molecule has 0 fully saturated rings. The van der Waals surface area contributed by atoms with Crippen LogP contribution in [0.2, 0.25) is 0 Å². The van der Waals surface area contributed by atoms with Crippen molar-refractivity contribution in [1.29, 1.82) is 0 Å². The Bertz CT molecular complexity index is 669. The van der Waals surface area contributed by atoms with Crippen LogP contribution in [0, 0.1) is 5.41 Å². The van der Waals surface area contributed by atoms with Crippen LogP contribution in [0.25, 0.3) is 0 Å². The van der Waals surface area contributed by atoms with Gasteiger partial charge in [-0.1, -0.05) is 48.5 Å². The van der Waals surface area contributed by atoms with Crippen LogP contribution in [-0.2, 0) is 17.3 Å². The van der Waals surface area contributed by atoms with Crippen LogP contribution in [0.4, 0.5) is 0 Å². The number of rotatable bonds is 6. The summed E-state index contributed by atoms with van der Waals surface area (Å²) in [6, 6.07) is 8.74. The van der Waals surface area contributed by atoms with Crippen molar-refractivity contribution >= 4 is 0 Å². The molecular formula is C22H32N2. The van der Waals surface area contributed by atoms with Gasteiger partial charge in [0.15, 0.2) is 0 Å². The zero-order chi connectivity index (χ0) is 18.0. The van der Waals surface area contributed by atoms with Gasteiger partial charge in [0, 0.05) is 29.7 Å². The second-order valence-corrected chi connectivity index (χ2v) is 8.71. The first-order valence-electron chi connectivity index (χ1n) is 8.96. The molecular weight excluding hydrogens is 292 g/mol. The Kier molecular flexibility index (Phi) is 5.17. The van der Waals surface area contributed by atoms with Crippen molar-refractivity contribution in [3.05, 3.63) is 59.7 Å². The average Bonchev–Trinajstić information content (AvgIpc) is 2.55. The quantitative estimate of drug-likeness (QED) is 0.680. The van der Waals surface area contributed by atoms with E-state index in [-0.39, 0.29) is 16.2 Å². The summed E-state index contributed by atoms with van der Waals surface area (Å²) < 4.78 is 0. The lowest BCUT2D eigenvalue weighted by Gasteiger charge is -2.42. The summed E-state index contributed by atoms with van der Waals surface area (Å²) >= 11 is 0. The molecule has 0 saturated heterocycles. The molecule has 0 radical (unpaired) electrons. The van der Waals surface area contributed by atoms with Crippen molar-refractivity contribution in [2.24, 2.45) is 5.41 Å². The van der Waals surface area contributed by atoms with E-state index < -0.39 is 0 Å². The maximum atomic E-state index is 4.62. The second kappa shape index (κ2) is 6.66. The van der Waals surface area contributed by atoms with E-state index in [1.54, 1.807) is 0 Å². The molecule has 0 unspecified atom stereocenters. The molecule has 2 aromatic heterocycles. The first-order valence-corrected chi connectivity index (χ1v) is 8.96. The number of hydrogen-bond acceptors (Lipinski definition) is 2. The molecule has 130 valence electrons. The van der Waals surface area contributed by atoms with Gasteiger partial charge >= 0.3 is 0 Å². The standard InChI is InChI=1S/C22H32N2/c1-8-20(2,3)19-15-17(9-14-24-19)16-21(4,5)22(6,7)18-10-12-23-13-11-18/h9-15H,8,16H2,1-7H3. The van der Waals surface area contributed by atoms with Crippen LogP contribution >= 0.6 is 0 Å². The largest absolute Gasteiger partial charge is 0.265 e. The van der Waals surface area contributed by atoms with E-state index in [1.165, 1.54) is 16.8 Å². The highest BCUT2D eigenvalue weighted by atomic mass is 14.7. The molecule has 2 rings (SSSR count). The summed E-state index contributed by atoms with van der Waals surface area (Å²) in [6.45, 7) is 16.2. The van der Waals surface area contributed by atoms with Crippen molar-refractivity contribution in [2.45, 2.75) is 72.1 Å². The van der Waals surface area contributed by atoms with Crippen LogP contribution in [-0.4, -0.2) is 9.97 Å². The Hall–Kier alpha value is -1.70. The summed E-state index contributed by atoms with van der Waals surface area (Å²) in [4.78, 5) is 8.79. The van der Waals surface area contributed by atoms with Gasteiger partial charge in [-0.05, 0) is 59.1 Å². The minimum Gasteiger partial charge on any atom is -0.265 e. The molecule has 0 spiro atoms. The molecule has 0 saturated carbocycles. The highest BCUT2D eigenvalue weighted by Crippen LogP contribution is 2.43. The maximum Gasteiger partial charge on any atom is 0.0462 e. The van der Waals surface area contributed by atoms with E-state index >= 15 is 0 Å². The van der Waals surface area contributed by atoms with Crippen molar-refractivity contribution in [3.8, 4) is 0 Å². The molecule has 24 heavy (non-hydrogen) atoms. The van der Waals surface area contributed by atoms with Crippen molar-refractivity contribution in [2.75, 3.05) is 0 Å². The number of hydrogen-bond donors (Lipinski definition) is 0. The first-order chi connectivity index (χ1) is 11.1. The van der Waals surface area contributed by atoms with Gasteiger partial charge in [-0.2, -0.15) is 0 Å². The molecule has 2 nitrogen and oxygen atoms in total. The van der Waals surface area contributed by atoms with E-state index in [0.717, 1.165) is 12.8 Å². The van der Waals surface area contributed by atoms with Gasteiger partial charge in [0.2, 0.25) is 0 Å². The zero-order valence-electron chi connectivity index (χ0n) is 16.4. The van der Waals surface area contributed by atoms with E-state index in [1.807, 2.05) is 18.6 Å². The molecule has 2 heterocycles. The first kappa shape index (κ1) is 18.6. The minimum atomic E-state index is 0.0552. The monoisotopic (exact) mass is 324 g/mol. The van der Waals surface area contributed by atoms with Crippen LogP contribution in [0.1, 0.15) is 71.7 Å². The lowest BCUT2D eigenvalue weighted by molar-refractivity contribution is 0.195. The van der Waals surface area contributed by atoms with Gasteiger partial charge in [-0.25, -0.2) is 0 Å². The molecule has 0 atom stereocenters. The van der Waals surface area contributed by atoms with Crippen LogP contribution in [0.5, 0.6) is 0 Å². The van der Waals surface area contributed by atoms with E-state index in [9.17, 15) is 0 Å². The van der Waals surface area contributed by atoms with Crippen molar-refractivity contribution in [3.63, 3.8) is 0 Å². The fraction of sp³-hybridized carbons (Fsp3) is 0.545. The van der Waals surface area contributed by atoms with Gasteiger partial charge in [-0.3, -0.25) is 9.97 Å². The van der Waals surface area contributed by atoms with Gasteiger partial charge in [0.25, 0.3) is 0 Å². The van der Waals surface area contributed by atoms with Crippen molar-refractivity contribution < 1.29 is 0 Å². The SMILES string of the molecule is CCC(C)(C)c1cc(CC(C)(C)C(C)(C)c2ccncc2)ccn1. The predicted molar refractivity (Wildman–Crippen MR) is 102 cm³/mol. The lowest BCUT2D eigenvalue weighted by Crippen LogP contribution is -2.38. The Morgan fingerprint density at radius 1 is 0.875 bits per heavy atom. The number of aromatic nitrogens is 2. The van der Waals surface area contributed by atoms with Crippen LogP contribution in [0.15, 0.2) is 42.9 Å². The van der Waals surface area contributed by atoms with E-state index in [4.69, 9.17) is 0 Å². The molecule has 0 amide bonds. The third-order valence-electron chi connectivity index (χ3n) is 6.14. The Balaban J connectivity index is 2.31. The van der Waals surface area contributed by atoms with E-state index in [2.05, 4.69) is 82.7 Å². The summed E-state index contributed by atoms with van der Waals surface area (Å²) in [5.74, 6) is 0. The highest BCUT2D eigenvalue weighted by molar-refractivity contribution is 5.28. The topological polar surface area (TPSA) is 25.8 Å². The second-order valence-electron chi connectivity index (χ2n) is 8.71. The predicted octanol–water partition coefficient (Wildman–Crippen LogP) is 5.71. The lowest BCUT2D eigenvalue weighted by atomic mass is 9.62. The molecule has 2 heteroatoms. The number of nitrogens with zero attached hydrogens (tertiary/aromatic N) is 2. The van der Waals surface area contributed by atoms with Crippen molar-refractivity contribution in [1.82, 2.24) is 9.97 Å². The van der Waals surface area contributed by atoms with Gasteiger partial charge in [0.05, 0.1) is 0 Å². The van der Waals surface area contributed by atoms with Gasteiger partial charge in [-0.15, -0.1) is 0 Å². The summed E-state index contributed by atoms with van der Waals surface area (Å²) in [5, 5.41) is 0. The highest BCUT2D eigenvalue weighted by Gasteiger charge is 2.38. The molecule has 0 aliphatic heterocycles. The van der Waals surface area contributed by atoms with Gasteiger partial charge in [0.1, 0.15) is 0 Å².